The summed E-state index contributed by atoms with van der Waals surface area (Å²) in [4.78, 5) is 0. The van der Waals surface area contributed by atoms with Crippen molar-refractivity contribution in [3.05, 3.63) is 164 Å². The Morgan fingerprint density at radius 1 is 0.250 bits per heavy atom. The van der Waals surface area contributed by atoms with Crippen molar-refractivity contribution in [2.75, 3.05) is 0 Å². The summed E-state index contributed by atoms with van der Waals surface area (Å²) in [5.74, 6) is 0. The molecule has 6 rings (SSSR count). The number of benzene rings is 6. The van der Waals surface area contributed by atoms with E-state index in [2.05, 4.69) is 30.7 Å². The Balaban J connectivity index is 0.000000349. The maximum absolute atomic E-state index is 4.20. The summed E-state index contributed by atoms with van der Waals surface area (Å²) in [7, 11) is 0. The zero-order chi connectivity index (χ0) is 31.5. The summed E-state index contributed by atoms with van der Waals surface area (Å²) in [5, 5.41) is 25.1. The molecule has 0 fully saturated rings. The van der Waals surface area contributed by atoms with Crippen molar-refractivity contribution in [3.63, 3.8) is 0 Å². The third-order valence-electron chi connectivity index (χ3n) is 5.68. The monoisotopic (exact) mass is 1040 g/mol. The van der Waals surface area contributed by atoms with Gasteiger partial charge in [-0.3, -0.25) is 0 Å². The molecule has 0 aliphatic rings. The first kappa shape index (κ1) is 43.4. The van der Waals surface area contributed by atoms with Crippen LogP contribution >= 0.6 is 37.2 Å². The average Bonchev–Trinajstić information content (AvgIpc) is 3.09. The van der Waals surface area contributed by atoms with E-state index < -0.39 is 0 Å². The molecule has 0 unspecified atom stereocenters. The molecule has 0 aliphatic heterocycles. The Kier molecular flexibility index (Phi) is 22.9. The Morgan fingerprint density at radius 2 is 0.458 bits per heavy atom. The molecule has 0 aliphatic carbocycles. The van der Waals surface area contributed by atoms with Crippen molar-refractivity contribution in [1.82, 2.24) is 0 Å². The van der Waals surface area contributed by atoms with Crippen molar-refractivity contribution in [2.24, 2.45) is 30.7 Å². The fraction of sp³-hybridized carbons (Fsp3) is 0. The standard InChI is InChI=1S/3C12H9N2Te.3ClH/c3*15-12-9-5-4-8-11(12)14-13-10-6-2-1-3-7-10;;;/h3*1-9H;3*1H. The molecular weight excluding hydrogens is 1010 g/mol. The zero-order valence-corrected chi connectivity index (χ0v) is 34.7. The van der Waals surface area contributed by atoms with Gasteiger partial charge < -0.3 is 0 Å². The van der Waals surface area contributed by atoms with E-state index in [0.717, 1.165) is 45.0 Å². The van der Waals surface area contributed by atoms with Gasteiger partial charge in [-0.15, -0.1) is 37.2 Å². The molecule has 0 saturated carbocycles. The van der Waals surface area contributed by atoms with Crippen LogP contribution in [0.4, 0.5) is 34.1 Å². The quantitative estimate of drug-likeness (QED) is 0.118. The molecule has 6 aromatic carbocycles. The van der Waals surface area contributed by atoms with Gasteiger partial charge in [-0.05, 0) is 0 Å². The molecule has 0 heterocycles. The average molecular weight is 1040 g/mol. The predicted molar refractivity (Wildman–Crippen MR) is 209 cm³/mol. The van der Waals surface area contributed by atoms with Crippen LogP contribution in [-0.2, 0) is 0 Å². The first-order valence-corrected chi connectivity index (χ1v) is 17.3. The van der Waals surface area contributed by atoms with Crippen molar-refractivity contribution in [2.45, 2.75) is 0 Å². The molecule has 3 radical (unpaired) electrons. The van der Waals surface area contributed by atoms with Crippen LogP contribution in [0.1, 0.15) is 0 Å². The maximum atomic E-state index is 4.20. The van der Waals surface area contributed by atoms with Crippen molar-refractivity contribution < 1.29 is 0 Å². The van der Waals surface area contributed by atoms with E-state index in [4.69, 9.17) is 0 Å². The predicted octanol–water partition coefficient (Wildman–Crippen LogP) is 9.95. The van der Waals surface area contributed by atoms with Gasteiger partial charge in [0.2, 0.25) is 0 Å². The Labute approximate surface area is 340 Å². The molecule has 0 atom stereocenters. The molecule has 0 amide bonds. The summed E-state index contributed by atoms with van der Waals surface area (Å²) in [6.45, 7) is 0. The molecule has 12 heteroatoms. The summed E-state index contributed by atoms with van der Waals surface area (Å²) < 4.78 is 3.44. The van der Waals surface area contributed by atoms with E-state index in [0.29, 0.717) is 0 Å². The van der Waals surface area contributed by atoms with Gasteiger partial charge in [0.1, 0.15) is 0 Å². The molecule has 0 N–H and O–H groups in total. The molecule has 243 valence electrons. The third kappa shape index (κ3) is 16.2. The van der Waals surface area contributed by atoms with Crippen LogP contribution in [0.5, 0.6) is 0 Å². The molecule has 0 saturated heterocycles. The van der Waals surface area contributed by atoms with Crippen molar-refractivity contribution >= 4 is 149 Å². The number of azo groups is 3. The topological polar surface area (TPSA) is 74.2 Å². The van der Waals surface area contributed by atoms with Gasteiger partial charge >= 0.3 is 306 Å². The molecule has 6 aromatic rings. The zero-order valence-electron chi connectivity index (χ0n) is 25.2. The van der Waals surface area contributed by atoms with Crippen LogP contribution in [0.25, 0.3) is 0 Å². The van der Waals surface area contributed by atoms with E-state index >= 15 is 0 Å². The second-order valence-electron chi connectivity index (χ2n) is 9.01. The van der Waals surface area contributed by atoms with E-state index in [1.165, 1.54) is 0 Å². The Hall–Kier alpha value is -2.64. The van der Waals surface area contributed by atoms with E-state index in [1.807, 2.05) is 231 Å². The number of halogens is 3. The van der Waals surface area contributed by atoms with Crippen LogP contribution in [0.2, 0.25) is 0 Å². The van der Waals surface area contributed by atoms with Crippen LogP contribution in [0.15, 0.2) is 194 Å². The molecule has 0 aromatic heterocycles. The van der Waals surface area contributed by atoms with Gasteiger partial charge in [0.15, 0.2) is 0 Å². The van der Waals surface area contributed by atoms with Gasteiger partial charge in [0.25, 0.3) is 0 Å². The third-order valence-corrected chi connectivity index (χ3v) is 8.64. The number of nitrogens with zero attached hydrogens (tertiary/aromatic N) is 6. The molecule has 6 nitrogen and oxygen atoms in total. The van der Waals surface area contributed by atoms with Crippen LogP contribution in [0, 0.1) is 0 Å². The normalized spacial score (nSPS) is 10.0. The molecule has 0 bridgehead atoms. The van der Waals surface area contributed by atoms with E-state index in [1.54, 1.807) is 0 Å². The van der Waals surface area contributed by atoms with Gasteiger partial charge in [0, 0.05) is 0 Å². The van der Waals surface area contributed by atoms with Gasteiger partial charge in [0.05, 0.1) is 0 Å². The van der Waals surface area contributed by atoms with Crippen LogP contribution in [-0.4, -0.2) is 66.9 Å². The SMILES string of the molecule is Cl.Cl.Cl.[Te]c1ccccc1N=Nc1ccccc1.[Te]c1ccccc1N=Nc1ccccc1.[Te]c1ccccc1N=Nc1ccccc1. The first-order chi connectivity index (χ1) is 22.1. The summed E-state index contributed by atoms with van der Waals surface area (Å²) in [6, 6.07) is 53.1. The molecule has 48 heavy (non-hydrogen) atoms. The minimum absolute atomic E-state index is 0. The first-order valence-electron chi connectivity index (χ1n) is 13.8. The molecule has 0 spiro atoms. The second kappa shape index (κ2) is 25.3. The summed E-state index contributed by atoms with van der Waals surface area (Å²) in [5.41, 5.74) is 5.40. The fourth-order valence-electron chi connectivity index (χ4n) is 3.44. The number of hydrogen-bond acceptors (Lipinski definition) is 6. The van der Waals surface area contributed by atoms with Crippen molar-refractivity contribution in [3.8, 4) is 0 Å². The van der Waals surface area contributed by atoms with Crippen molar-refractivity contribution in [1.29, 1.82) is 0 Å². The fourth-order valence-corrected chi connectivity index (χ4v) is 5.04. The van der Waals surface area contributed by atoms with Gasteiger partial charge in [-0.2, -0.15) is 0 Å². The molecular formula is C36H30Cl3N6Te3. The van der Waals surface area contributed by atoms with Crippen LogP contribution in [0.3, 0.4) is 0 Å². The van der Waals surface area contributed by atoms with Gasteiger partial charge in [-0.1, -0.05) is 0 Å². The van der Waals surface area contributed by atoms with E-state index in [9.17, 15) is 0 Å². The summed E-state index contributed by atoms with van der Waals surface area (Å²) in [6.07, 6.45) is 0. The number of rotatable bonds is 6. The minimum atomic E-state index is 0. The van der Waals surface area contributed by atoms with Gasteiger partial charge in [-0.25, -0.2) is 0 Å². The number of hydrogen-bond donors (Lipinski definition) is 0. The van der Waals surface area contributed by atoms with Crippen LogP contribution < -0.4 is 10.8 Å². The second-order valence-corrected chi connectivity index (χ2v) is 12.8. The summed E-state index contributed by atoms with van der Waals surface area (Å²) >= 11 is 5.86. The Bertz CT molecular complexity index is 1630. The van der Waals surface area contributed by atoms with E-state index in [-0.39, 0.29) is 37.2 Å². The Morgan fingerprint density at radius 3 is 0.688 bits per heavy atom.